The normalized spacial score (nSPS) is 14.4. The van der Waals surface area contributed by atoms with E-state index in [4.69, 9.17) is 13.9 Å². The van der Waals surface area contributed by atoms with Crippen LogP contribution in [0.5, 0.6) is 0 Å². The lowest BCUT2D eigenvalue weighted by atomic mass is 10.2. The lowest BCUT2D eigenvalue weighted by molar-refractivity contribution is 0.0494. The molecule has 1 fully saturated rings. The van der Waals surface area contributed by atoms with Crippen molar-refractivity contribution in [2.75, 3.05) is 11.9 Å². The number of rotatable bonds is 4. The smallest absolute Gasteiger partial charge is 0.412 e. The summed E-state index contributed by atoms with van der Waals surface area (Å²) in [6, 6.07) is 1.86. The second kappa shape index (κ2) is 6.38. The van der Waals surface area contributed by atoms with Crippen molar-refractivity contribution in [1.29, 1.82) is 0 Å². The number of pyridine rings is 1. The van der Waals surface area contributed by atoms with Crippen LogP contribution in [0, 0.1) is 0 Å². The molecule has 134 valence electrons. The van der Waals surface area contributed by atoms with Gasteiger partial charge in [-0.25, -0.2) is 9.59 Å². The summed E-state index contributed by atoms with van der Waals surface area (Å²) in [5.41, 5.74) is 1.42. The molecule has 0 bridgehead atoms. The van der Waals surface area contributed by atoms with Crippen LogP contribution in [0.1, 0.15) is 62.6 Å². The molecule has 1 aliphatic rings. The molecule has 1 saturated carbocycles. The number of furan rings is 1. The van der Waals surface area contributed by atoms with Crippen LogP contribution in [0.4, 0.5) is 10.5 Å². The number of fused-ring (bicyclic) bond motifs is 1. The van der Waals surface area contributed by atoms with E-state index in [1.807, 2.05) is 6.07 Å². The molecule has 25 heavy (non-hydrogen) atoms. The Morgan fingerprint density at radius 1 is 1.36 bits per heavy atom. The van der Waals surface area contributed by atoms with E-state index < -0.39 is 17.7 Å². The third kappa shape index (κ3) is 3.92. The van der Waals surface area contributed by atoms with Crippen LogP contribution in [-0.4, -0.2) is 29.3 Å². The Morgan fingerprint density at radius 3 is 2.68 bits per heavy atom. The first-order valence-electron chi connectivity index (χ1n) is 8.38. The Balaban J connectivity index is 1.98. The molecule has 1 amide bonds. The molecule has 7 nitrogen and oxygen atoms in total. The highest BCUT2D eigenvalue weighted by Gasteiger charge is 2.29. The quantitative estimate of drug-likeness (QED) is 0.833. The van der Waals surface area contributed by atoms with Gasteiger partial charge < -0.3 is 13.9 Å². The zero-order chi connectivity index (χ0) is 18.2. The molecule has 3 rings (SSSR count). The fraction of sp³-hybridized carbons (Fsp3) is 0.500. The van der Waals surface area contributed by atoms with Gasteiger partial charge in [0.15, 0.2) is 5.58 Å². The van der Waals surface area contributed by atoms with Crippen LogP contribution < -0.4 is 5.32 Å². The Hall–Kier alpha value is -2.57. The highest BCUT2D eigenvalue weighted by molar-refractivity contribution is 6.07. The third-order valence-corrected chi connectivity index (χ3v) is 3.69. The molecule has 1 aliphatic carbocycles. The van der Waals surface area contributed by atoms with Gasteiger partial charge in [0, 0.05) is 6.20 Å². The monoisotopic (exact) mass is 346 g/mol. The van der Waals surface area contributed by atoms with Gasteiger partial charge in [0.1, 0.15) is 16.8 Å². The average Bonchev–Trinajstić information content (AvgIpc) is 3.29. The first-order valence-corrected chi connectivity index (χ1v) is 8.38. The predicted molar refractivity (Wildman–Crippen MR) is 91.8 cm³/mol. The van der Waals surface area contributed by atoms with Crippen LogP contribution in [0.2, 0.25) is 0 Å². The van der Waals surface area contributed by atoms with Gasteiger partial charge in [-0.15, -0.1) is 0 Å². The molecular weight excluding hydrogens is 324 g/mol. The van der Waals surface area contributed by atoms with Crippen molar-refractivity contribution in [2.45, 2.75) is 52.1 Å². The summed E-state index contributed by atoms with van der Waals surface area (Å²) >= 11 is 0. The second-order valence-corrected chi connectivity index (χ2v) is 7.04. The number of esters is 1. The molecule has 0 radical (unpaired) electrons. The first-order chi connectivity index (χ1) is 11.8. The van der Waals surface area contributed by atoms with Gasteiger partial charge >= 0.3 is 12.1 Å². The van der Waals surface area contributed by atoms with Crippen LogP contribution in [0.25, 0.3) is 11.1 Å². The van der Waals surface area contributed by atoms with Gasteiger partial charge in [0.2, 0.25) is 5.76 Å². The Kier molecular flexibility index (Phi) is 4.41. The molecule has 2 heterocycles. The summed E-state index contributed by atoms with van der Waals surface area (Å²) in [7, 11) is 0. The van der Waals surface area contributed by atoms with Crippen molar-refractivity contribution >= 4 is 28.8 Å². The predicted octanol–water partition coefficient (Wildman–Crippen LogP) is 4.23. The Labute approximate surface area is 145 Å². The van der Waals surface area contributed by atoms with Crippen LogP contribution in [0.15, 0.2) is 16.7 Å². The topological polar surface area (TPSA) is 90.7 Å². The number of hydrogen-bond acceptors (Lipinski definition) is 6. The molecule has 1 N–H and O–H groups in total. The summed E-state index contributed by atoms with van der Waals surface area (Å²) in [6.45, 7) is 7.17. The largest absolute Gasteiger partial charge is 0.460 e. The average molecular weight is 346 g/mol. The molecule has 2 aromatic rings. The molecule has 0 spiro atoms. The zero-order valence-electron chi connectivity index (χ0n) is 14.8. The maximum Gasteiger partial charge on any atom is 0.412 e. The summed E-state index contributed by atoms with van der Waals surface area (Å²) in [5, 5.41) is 2.58. The van der Waals surface area contributed by atoms with Gasteiger partial charge in [0.05, 0.1) is 6.61 Å². The van der Waals surface area contributed by atoms with Crippen molar-refractivity contribution in [3.8, 4) is 0 Å². The second-order valence-electron chi connectivity index (χ2n) is 7.04. The molecule has 2 aromatic heterocycles. The number of nitrogens with one attached hydrogen (secondary N) is 1. The van der Waals surface area contributed by atoms with E-state index in [1.165, 1.54) is 0 Å². The maximum absolute atomic E-state index is 12.2. The van der Waals surface area contributed by atoms with Crippen molar-refractivity contribution in [1.82, 2.24) is 4.98 Å². The van der Waals surface area contributed by atoms with Crippen molar-refractivity contribution in [2.24, 2.45) is 0 Å². The molecule has 0 saturated heterocycles. The van der Waals surface area contributed by atoms with Gasteiger partial charge in [0.25, 0.3) is 0 Å². The van der Waals surface area contributed by atoms with E-state index in [2.05, 4.69) is 10.3 Å². The van der Waals surface area contributed by atoms with Gasteiger partial charge in [-0.3, -0.25) is 10.3 Å². The SMILES string of the molecule is CCOC(=O)c1oc2cc(C3CC3)cnc2c1NC(=O)OC(C)(C)C. The van der Waals surface area contributed by atoms with Crippen molar-refractivity contribution in [3.63, 3.8) is 0 Å². The number of aromatic nitrogens is 1. The van der Waals surface area contributed by atoms with Crippen LogP contribution >= 0.6 is 0 Å². The van der Waals surface area contributed by atoms with E-state index in [-0.39, 0.29) is 18.1 Å². The number of anilines is 1. The minimum atomic E-state index is -0.686. The fourth-order valence-electron chi connectivity index (χ4n) is 2.50. The molecule has 0 unspecified atom stereocenters. The molecule has 0 atom stereocenters. The standard InChI is InChI=1S/C18H22N2O5/c1-5-23-16(21)15-14(20-17(22)25-18(2,3)4)13-12(24-15)8-11(9-19-13)10-6-7-10/h8-10H,5-7H2,1-4H3,(H,20,22). The first kappa shape index (κ1) is 17.3. The lowest BCUT2D eigenvalue weighted by Gasteiger charge is -2.19. The minimum absolute atomic E-state index is 0.0804. The number of hydrogen-bond donors (Lipinski definition) is 1. The number of nitrogens with zero attached hydrogens (tertiary/aromatic N) is 1. The molecule has 0 aromatic carbocycles. The summed E-state index contributed by atoms with van der Waals surface area (Å²) in [5.74, 6) is -0.238. The van der Waals surface area contributed by atoms with E-state index in [0.29, 0.717) is 17.0 Å². The highest BCUT2D eigenvalue weighted by Crippen LogP contribution is 2.41. The number of amides is 1. The summed E-state index contributed by atoms with van der Waals surface area (Å²) in [6.07, 6.45) is 3.32. The number of carbonyl (C=O) groups is 2. The van der Waals surface area contributed by atoms with E-state index in [1.54, 1.807) is 33.9 Å². The minimum Gasteiger partial charge on any atom is -0.460 e. The van der Waals surface area contributed by atoms with Crippen molar-refractivity contribution in [3.05, 3.63) is 23.6 Å². The molecule has 0 aliphatic heterocycles. The van der Waals surface area contributed by atoms with Crippen LogP contribution in [-0.2, 0) is 9.47 Å². The lowest BCUT2D eigenvalue weighted by Crippen LogP contribution is -2.27. The number of carbonyl (C=O) groups excluding carboxylic acids is 2. The zero-order valence-corrected chi connectivity index (χ0v) is 14.8. The number of ether oxygens (including phenoxy) is 2. The van der Waals surface area contributed by atoms with Crippen molar-refractivity contribution < 1.29 is 23.5 Å². The van der Waals surface area contributed by atoms with Gasteiger partial charge in [-0.1, -0.05) is 0 Å². The van der Waals surface area contributed by atoms with Gasteiger partial charge in [-0.2, -0.15) is 0 Å². The highest BCUT2D eigenvalue weighted by atomic mass is 16.6. The van der Waals surface area contributed by atoms with E-state index >= 15 is 0 Å². The van der Waals surface area contributed by atoms with E-state index in [0.717, 1.165) is 18.4 Å². The maximum atomic E-state index is 12.2. The third-order valence-electron chi connectivity index (χ3n) is 3.69. The van der Waals surface area contributed by atoms with Crippen LogP contribution in [0.3, 0.4) is 0 Å². The Bertz CT molecular complexity index is 815. The van der Waals surface area contributed by atoms with E-state index in [9.17, 15) is 9.59 Å². The fourth-order valence-corrected chi connectivity index (χ4v) is 2.50. The summed E-state index contributed by atoms with van der Waals surface area (Å²) in [4.78, 5) is 28.7. The Morgan fingerprint density at radius 2 is 2.08 bits per heavy atom. The summed E-state index contributed by atoms with van der Waals surface area (Å²) < 4.78 is 15.9. The van der Waals surface area contributed by atoms with Gasteiger partial charge in [-0.05, 0) is 58.1 Å². The molecular formula is C18H22N2O5. The molecule has 7 heteroatoms.